The van der Waals surface area contributed by atoms with Crippen molar-refractivity contribution in [2.24, 2.45) is 0 Å². The van der Waals surface area contributed by atoms with E-state index in [1.807, 2.05) is 0 Å². The first-order valence-corrected chi connectivity index (χ1v) is 3.59. The molecule has 9 heavy (non-hydrogen) atoms. The maximum atomic E-state index is 3.16. The second kappa shape index (κ2) is 2.87. The summed E-state index contributed by atoms with van der Waals surface area (Å²) in [7, 11) is 0. The Morgan fingerprint density at radius 2 is 2.33 bits per heavy atom. The van der Waals surface area contributed by atoms with E-state index in [2.05, 4.69) is 30.8 Å². The summed E-state index contributed by atoms with van der Waals surface area (Å²) in [5.41, 5.74) is 7.60. The third kappa shape index (κ3) is 1.45. The minimum atomic E-state index is 0.556. The van der Waals surface area contributed by atoms with Crippen LogP contribution in [0.15, 0.2) is 11.8 Å². The van der Waals surface area contributed by atoms with Crippen LogP contribution >= 0.6 is 0 Å². The third-order valence-corrected chi connectivity index (χ3v) is 1.64. The summed E-state index contributed by atoms with van der Waals surface area (Å²) in [5.74, 6) is 0. The summed E-state index contributed by atoms with van der Waals surface area (Å²) in [6, 6.07) is 0.556. The Bertz CT molecular complexity index is 118. The molecule has 0 aromatic heterocycles. The number of hydrazine groups is 1. The minimum Gasteiger partial charge on any atom is -0.325 e. The third-order valence-electron chi connectivity index (χ3n) is 1.64. The van der Waals surface area contributed by atoms with Crippen molar-refractivity contribution in [3.8, 4) is 0 Å². The molecule has 0 aromatic carbocycles. The van der Waals surface area contributed by atoms with Crippen molar-refractivity contribution in [1.82, 2.24) is 10.9 Å². The van der Waals surface area contributed by atoms with E-state index < -0.39 is 0 Å². The number of hydrogen-bond donors (Lipinski definition) is 2. The molecule has 1 rings (SSSR count). The Kier molecular flexibility index (Phi) is 2.11. The number of nitrogens with one attached hydrogen (secondary N) is 2. The van der Waals surface area contributed by atoms with E-state index in [4.69, 9.17) is 0 Å². The zero-order chi connectivity index (χ0) is 6.69. The molecule has 2 N–H and O–H groups in total. The van der Waals surface area contributed by atoms with Crippen LogP contribution in [0.1, 0.15) is 26.7 Å². The number of allylic oxidation sites excluding steroid dienone is 1. The van der Waals surface area contributed by atoms with E-state index >= 15 is 0 Å². The van der Waals surface area contributed by atoms with Crippen molar-refractivity contribution in [1.29, 1.82) is 0 Å². The maximum absolute atomic E-state index is 3.16. The molecule has 1 aliphatic rings. The van der Waals surface area contributed by atoms with Crippen LogP contribution in [-0.2, 0) is 0 Å². The van der Waals surface area contributed by atoms with Gasteiger partial charge < -0.3 is 5.43 Å². The normalized spacial score (nSPS) is 25.6. The van der Waals surface area contributed by atoms with Crippen molar-refractivity contribution in [2.45, 2.75) is 32.7 Å². The van der Waals surface area contributed by atoms with Crippen LogP contribution in [-0.4, -0.2) is 6.04 Å². The van der Waals surface area contributed by atoms with Gasteiger partial charge in [-0.2, -0.15) is 0 Å². The first-order valence-electron chi connectivity index (χ1n) is 3.59. The Labute approximate surface area is 56.3 Å². The van der Waals surface area contributed by atoms with Gasteiger partial charge >= 0.3 is 0 Å². The van der Waals surface area contributed by atoms with Gasteiger partial charge in [0.1, 0.15) is 0 Å². The maximum Gasteiger partial charge on any atom is 0.0457 e. The zero-order valence-corrected chi connectivity index (χ0v) is 6.07. The lowest BCUT2D eigenvalue weighted by atomic mass is 10.2. The molecule has 0 aromatic rings. The highest BCUT2D eigenvalue weighted by atomic mass is 15.4. The lowest BCUT2D eigenvalue weighted by Gasteiger charge is -2.03. The molecule has 0 bridgehead atoms. The van der Waals surface area contributed by atoms with Gasteiger partial charge in [-0.05, 0) is 18.9 Å². The molecule has 0 radical (unpaired) electrons. The van der Waals surface area contributed by atoms with Crippen LogP contribution in [0, 0.1) is 0 Å². The molecule has 1 aliphatic heterocycles. The smallest absolute Gasteiger partial charge is 0.0457 e. The van der Waals surface area contributed by atoms with Gasteiger partial charge in [-0.1, -0.05) is 13.8 Å². The van der Waals surface area contributed by atoms with E-state index in [1.165, 1.54) is 5.70 Å². The van der Waals surface area contributed by atoms with E-state index in [-0.39, 0.29) is 0 Å². The quantitative estimate of drug-likeness (QED) is 0.580. The molecular formula is C7H14N2. The fourth-order valence-corrected chi connectivity index (χ4v) is 0.938. The summed E-state index contributed by atoms with van der Waals surface area (Å²) in [5, 5.41) is 0. The molecule has 2 nitrogen and oxygen atoms in total. The van der Waals surface area contributed by atoms with Crippen molar-refractivity contribution < 1.29 is 0 Å². The van der Waals surface area contributed by atoms with Crippen molar-refractivity contribution in [3.05, 3.63) is 11.8 Å². The average molecular weight is 126 g/mol. The summed E-state index contributed by atoms with van der Waals surface area (Å²) >= 11 is 0. The summed E-state index contributed by atoms with van der Waals surface area (Å²) in [4.78, 5) is 0. The summed E-state index contributed by atoms with van der Waals surface area (Å²) in [6.45, 7) is 4.33. The molecule has 0 fully saturated rings. The van der Waals surface area contributed by atoms with Crippen molar-refractivity contribution in [2.75, 3.05) is 0 Å². The van der Waals surface area contributed by atoms with Crippen LogP contribution in [0.3, 0.4) is 0 Å². The van der Waals surface area contributed by atoms with E-state index in [1.54, 1.807) is 0 Å². The molecule has 1 heterocycles. The number of hydrogen-bond acceptors (Lipinski definition) is 2. The van der Waals surface area contributed by atoms with Crippen LogP contribution in [0.5, 0.6) is 0 Å². The first kappa shape index (κ1) is 6.62. The predicted molar refractivity (Wildman–Crippen MR) is 38.7 cm³/mol. The molecule has 1 atom stereocenters. The van der Waals surface area contributed by atoms with Crippen molar-refractivity contribution >= 4 is 0 Å². The predicted octanol–water partition coefficient (Wildman–Crippen LogP) is 1.17. The molecule has 1 unspecified atom stereocenters. The monoisotopic (exact) mass is 126 g/mol. The van der Waals surface area contributed by atoms with Gasteiger partial charge in [0.05, 0.1) is 0 Å². The topological polar surface area (TPSA) is 24.1 Å². The lowest BCUT2D eigenvalue weighted by Crippen LogP contribution is -2.31. The van der Waals surface area contributed by atoms with Gasteiger partial charge in [0.15, 0.2) is 0 Å². The Morgan fingerprint density at radius 3 is 2.67 bits per heavy atom. The molecular weight excluding hydrogens is 112 g/mol. The second-order valence-electron chi connectivity index (χ2n) is 2.33. The molecule has 52 valence electrons. The molecule has 0 saturated heterocycles. The molecule has 0 aliphatic carbocycles. The number of rotatable bonds is 2. The second-order valence-corrected chi connectivity index (χ2v) is 2.33. The van der Waals surface area contributed by atoms with Gasteiger partial charge in [-0.25, -0.2) is 5.43 Å². The zero-order valence-electron chi connectivity index (χ0n) is 6.07. The molecule has 0 saturated carbocycles. The van der Waals surface area contributed by atoms with E-state index in [0.717, 1.165) is 12.8 Å². The van der Waals surface area contributed by atoms with Crippen LogP contribution < -0.4 is 10.9 Å². The summed E-state index contributed by atoms with van der Waals surface area (Å²) in [6.07, 6.45) is 4.51. The van der Waals surface area contributed by atoms with Crippen LogP contribution in [0.25, 0.3) is 0 Å². The van der Waals surface area contributed by atoms with E-state index in [9.17, 15) is 0 Å². The Hall–Kier alpha value is -0.500. The highest BCUT2D eigenvalue weighted by molar-refractivity contribution is 5.08. The summed E-state index contributed by atoms with van der Waals surface area (Å²) < 4.78 is 0. The molecule has 0 spiro atoms. The van der Waals surface area contributed by atoms with Gasteiger partial charge in [0, 0.05) is 11.7 Å². The average Bonchev–Trinajstić information content (AvgIpc) is 2.34. The lowest BCUT2D eigenvalue weighted by molar-refractivity contribution is 0.558. The highest BCUT2D eigenvalue weighted by Gasteiger charge is 2.09. The molecule has 2 heteroatoms. The van der Waals surface area contributed by atoms with Crippen LogP contribution in [0.2, 0.25) is 0 Å². The van der Waals surface area contributed by atoms with E-state index in [0.29, 0.717) is 6.04 Å². The van der Waals surface area contributed by atoms with Gasteiger partial charge in [0.25, 0.3) is 0 Å². The van der Waals surface area contributed by atoms with Crippen molar-refractivity contribution in [3.63, 3.8) is 0 Å². The first-order chi connectivity index (χ1) is 4.36. The Balaban J connectivity index is 2.40. The fourth-order valence-electron chi connectivity index (χ4n) is 0.938. The van der Waals surface area contributed by atoms with Gasteiger partial charge in [0.2, 0.25) is 0 Å². The minimum absolute atomic E-state index is 0.556. The van der Waals surface area contributed by atoms with Crippen LogP contribution in [0.4, 0.5) is 0 Å². The highest BCUT2D eigenvalue weighted by Crippen LogP contribution is 2.05. The molecule has 0 amide bonds. The largest absolute Gasteiger partial charge is 0.325 e. The Morgan fingerprint density at radius 1 is 1.56 bits per heavy atom. The SMILES string of the molecule is CCC1=CC(CC)NN1. The standard InChI is InChI=1S/C7H14N2/c1-3-6-5-7(4-2)9-8-6/h5-6,8-9H,3-4H2,1-2H3. The fraction of sp³-hybridized carbons (Fsp3) is 0.714. The van der Waals surface area contributed by atoms with Gasteiger partial charge in [-0.15, -0.1) is 0 Å². The van der Waals surface area contributed by atoms with Gasteiger partial charge in [-0.3, -0.25) is 0 Å².